The van der Waals surface area contributed by atoms with Crippen molar-refractivity contribution < 1.29 is 13.9 Å². The van der Waals surface area contributed by atoms with Crippen LogP contribution in [-0.2, 0) is 4.74 Å². The highest BCUT2D eigenvalue weighted by molar-refractivity contribution is 7.80. The normalized spacial score (nSPS) is 10.0. The van der Waals surface area contributed by atoms with Crippen LogP contribution in [0.5, 0.6) is 0 Å². The molecule has 0 spiro atoms. The highest BCUT2D eigenvalue weighted by atomic mass is 32.1. The second-order valence-electron chi connectivity index (χ2n) is 2.82. The van der Waals surface area contributed by atoms with Crippen molar-refractivity contribution in [2.24, 2.45) is 0 Å². The first-order chi connectivity index (χ1) is 6.56. The third kappa shape index (κ3) is 2.26. The molecule has 0 heterocycles. The van der Waals surface area contributed by atoms with Crippen LogP contribution in [0.4, 0.5) is 4.39 Å². The van der Waals surface area contributed by atoms with Gasteiger partial charge in [0.25, 0.3) is 0 Å². The molecule has 0 unspecified atom stereocenters. The number of ether oxygens (including phenoxy) is 1. The summed E-state index contributed by atoms with van der Waals surface area (Å²) in [5.74, 6) is -0.970. The molecular formula is C10H11FO2S. The molecule has 14 heavy (non-hydrogen) atoms. The highest BCUT2D eigenvalue weighted by Gasteiger charge is 2.11. The van der Waals surface area contributed by atoms with Gasteiger partial charge in [-0.3, -0.25) is 0 Å². The van der Waals surface area contributed by atoms with Crippen molar-refractivity contribution in [1.82, 2.24) is 0 Å². The van der Waals surface area contributed by atoms with E-state index in [4.69, 9.17) is 4.74 Å². The third-order valence-electron chi connectivity index (χ3n) is 1.83. The predicted octanol–water partition coefficient (Wildman–Crippen LogP) is 2.60. The largest absolute Gasteiger partial charge is 0.462 e. The van der Waals surface area contributed by atoms with Crippen LogP contribution >= 0.6 is 12.6 Å². The smallest absolute Gasteiger partial charge is 0.338 e. The van der Waals surface area contributed by atoms with Gasteiger partial charge in [-0.1, -0.05) is 0 Å². The van der Waals surface area contributed by atoms with Gasteiger partial charge in [0.15, 0.2) is 0 Å². The van der Waals surface area contributed by atoms with Gasteiger partial charge in [0.2, 0.25) is 0 Å². The molecular weight excluding hydrogens is 203 g/mol. The quantitative estimate of drug-likeness (QED) is 0.605. The van der Waals surface area contributed by atoms with E-state index in [0.29, 0.717) is 10.5 Å². The van der Waals surface area contributed by atoms with E-state index in [0.717, 1.165) is 6.07 Å². The van der Waals surface area contributed by atoms with Gasteiger partial charge in [-0.25, -0.2) is 9.18 Å². The van der Waals surface area contributed by atoms with Crippen LogP contribution in [0.1, 0.15) is 22.8 Å². The molecule has 1 aromatic rings. The monoisotopic (exact) mass is 214 g/mol. The minimum Gasteiger partial charge on any atom is -0.462 e. The average Bonchev–Trinajstić information content (AvgIpc) is 2.13. The number of hydrogen-bond acceptors (Lipinski definition) is 3. The zero-order valence-corrected chi connectivity index (χ0v) is 8.90. The predicted molar refractivity (Wildman–Crippen MR) is 54.3 cm³/mol. The van der Waals surface area contributed by atoms with Crippen molar-refractivity contribution in [2.45, 2.75) is 18.7 Å². The van der Waals surface area contributed by atoms with Gasteiger partial charge in [0.05, 0.1) is 12.2 Å². The molecule has 0 aliphatic heterocycles. The van der Waals surface area contributed by atoms with Gasteiger partial charge in [0, 0.05) is 4.90 Å². The number of halogens is 1. The van der Waals surface area contributed by atoms with Gasteiger partial charge in [-0.15, -0.1) is 12.6 Å². The Morgan fingerprint density at radius 3 is 2.71 bits per heavy atom. The Morgan fingerprint density at radius 1 is 1.57 bits per heavy atom. The summed E-state index contributed by atoms with van der Waals surface area (Å²) in [5.41, 5.74) is 0.626. The molecule has 1 aromatic carbocycles. The van der Waals surface area contributed by atoms with Crippen LogP contribution in [0.2, 0.25) is 0 Å². The molecule has 4 heteroatoms. The van der Waals surface area contributed by atoms with E-state index >= 15 is 0 Å². The summed E-state index contributed by atoms with van der Waals surface area (Å²) in [4.78, 5) is 11.7. The molecule has 0 fully saturated rings. The maximum absolute atomic E-state index is 13.2. The maximum atomic E-state index is 13.2. The van der Waals surface area contributed by atoms with Crippen molar-refractivity contribution in [3.05, 3.63) is 29.1 Å². The lowest BCUT2D eigenvalue weighted by Gasteiger charge is -2.05. The van der Waals surface area contributed by atoms with Crippen LogP contribution in [0.25, 0.3) is 0 Å². The molecule has 0 bridgehead atoms. The molecule has 0 atom stereocenters. The lowest BCUT2D eigenvalue weighted by molar-refractivity contribution is 0.0525. The fourth-order valence-electron chi connectivity index (χ4n) is 0.997. The standard InChI is InChI=1S/C10H11FO2S/c1-3-13-10(12)7-4-8(11)6(2)9(14)5-7/h4-5,14H,3H2,1-2H3. The molecule has 2 nitrogen and oxygen atoms in total. The summed E-state index contributed by atoms with van der Waals surface area (Å²) in [6, 6.07) is 2.66. The SMILES string of the molecule is CCOC(=O)c1cc(F)c(C)c(S)c1. The summed E-state index contributed by atoms with van der Waals surface area (Å²) in [6.45, 7) is 3.58. The molecule has 0 amide bonds. The summed E-state index contributed by atoms with van der Waals surface area (Å²) in [6.07, 6.45) is 0. The molecule has 0 aliphatic rings. The van der Waals surface area contributed by atoms with Crippen molar-refractivity contribution in [2.75, 3.05) is 6.61 Å². The van der Waals surface area contributed by atoms with Crippen LogP contribution in [0.3, 0.4) is 0 Å². The summed E-state index contributed by atoms with van der Waals surface area (Å²) >= 11 is 4.05. The van der Waals surface area contributed by atoms with E-state index in [2.05, 4.69) is 12.6 Å². The number of esters is 1. The Hall–Kier alpha value is -1.03. The van der Waals surface area contributed by atoms with Crippen molar-refractivity contribution in [3.63, 3.8) is 0 Å². The molecule has 0 saturated carbocycles. The number of thiol groups is 1. The van der Waals surface area contributed by atoms with E-state index in [1.807, 2.05) is 0 Å². The lowest BCUT2D eigenvalue weighted by atomic mass is 10.1. The fourth-order valence-corrected chi connectivity index (χ4v) is 1.24. The first-order valence-corrected chi connectivity index (χ1v) is 4.67. The molecule has 76 valence electrons. The third-order valence-corrected chi connectivity index (χ3v) is 2.29. The summed E-state index contributed by atoms with van der Waals surface area (Å²) in [5, 5.41) is 0. The first-order valence-electron chi connectivity index (χ1n) is 4.22. The Labute approximate surface area is 87.5 Å². The Kier molecular flexibility index (Phi) is 3.52. The van der Waals surface area contributed by atoms with E-state index in [9.17, 15) is 9.18 Å². The molecule has 1 rings (SSSR count). The maximum Gasteiger partial charge on any atom is 0.338 e. The molecule has 0 N–H and O–H groups in total. The number of carbonyl (C=O) groups excluding carboxylic acids is 1. The van der Waals surface area contributed by atoms with Crippen LogP contribution in [0, 0.1) is 12.7 Å². The van der Waals surface area contributed by atoms with Crippen molar-refractivity contribution in [1.29, 1.82) is 0 Å². The summed E-state index contributed by atoms with van der Waals surface area (Å²) < 4.78 is 17.9. The minimum absolute atomic E-state index is 0.194. The Bertz CT molecular complexity index is 340. The number of benzene rings is 1. The molecule has 0 saturated heterocycles. The molecule has 0 aliphatic carbocycles. The number of hydrogen-bond donors (Lipinski definition) is 1. The lowest BCUT2D eigenvalue weighted by Crippen LogP contribution is -2.05. The van der Waals surface area contributed by atoms with Crippen LogP contribution in [-0.4, -0.2) is 12.6 Å². The summed E-state index contributed by atoms with van der Waals surface area (Å²) in [7, 11) is 0. The van der Waals surface area contributed by atoms with Gasteiger partial charge in [-0.05, 0) is 31.5 Å². The van der Waals surface area contributed by atoms with E-state index in [1.54, 1.807) is 13.8 Å². The van der Waals surface area contributed by atoms with Crippen molar-refractivity contribution in [3.8, 4) is 0 Å². The average molecular weight is 214 g/mol. The second kappa shape index (κ2) is 4.46. The van der Waals surface area contributed by atoms with E-state index < -0.39 is 11.8 Å². The highest BCUT2D eigenvalue weighted by Crippen LogP contribution is 2.19. The Balaban J connectivity index is 3.06. The Morgan fingerprint density at radius 2 is 2.21 bits per heavy atom. The van der Waals surface area contributed by atoms with Gasteiger partial charge < -0.3 is 4.74 Å². The topological polar surface area (TPSA) is 26.3 Å². The minimum atomic E-state index is -0.526. The zero-order valence-electron chi connectivity index (χ0n) is 8.00. The van der Waals surface area contributed by atoms with E-state index in [1.165, 1.54) is 6.07 Å². The van der Waals surface area contributed by atoms with Crippen LogP contribution in [0.15, 0.2) is 17.0 Å². The zero-order chi connectivity index (χ0) is 10.7. The van der Waals surface area contributed by atoms with Gasteiger partial charge >= 0.3 is 5.97 Å². The van der Waals surface area contributed by atoms with Crippen molar-refractivity contribution >= 4 is 18.6 Å². The molecule has 0 aromatic heterocycles. The number of rotatable bonds is 2. The molecule has 0 radical (unpaired) electrons. The van der Waals surface area contributed by atoms with Gasteiger partial charge in [-0.2, -0.15) is 0 Å². The van der Waals surface area contributed by atoms with Crippen LogP contribution < -0.4 is 0 Å². The number of carbonyl (C=O) groups is 1. The first kappa shape index (κ1) is 11.0. The van der Waals surface area contributed by atoms with E-state index in [-0.39, 0.29) is 12.2 Å². The van der Waals surface area contributed by atoms with Gasteiger partial charge in [0.1, 0.15) is 5.82 Å². The fraction of sp³-hybridized carbons (Fsp3) is 0.300. The second-order valence-corrected chi connectivity index (χ2v) is 3.30.